The van der Waals surface area contributed by atoms with Gasteiger partial charge in [-0.15, -0.1) is 0 Å². The summed E-state index contributed by atoms with van der Waals surface area (Å²) in [5, 5.41) is 19.1. The molecule has 0 unspecified atom stereocenters. The van der Waals surface area contributed by atoms with E-state index >= 15 is 0 Å². The number of nitro benzene ring substituents is 1. The van der Waals surface area contributed by atoms with E-state index in [0.29, 0.717) is 12.2 Å². The van der Waals surface area contributed by atoms with E-state index in [9.17, 15) is 18.5 Å². The predicted molar refractivity (Wildman–Crippen MR) is 101 cm³/mol. The molecule has 3 aromatic rings. The van der Waals surface area contributed by atoms with Crippen molar-refractivity contribution in [2.24, 2.45) is 5.14 Å². The number of nitrogens with two attached hydrogens (primary N) is 1. The Morgan fingerprint density at radius 2 is 1.81 bits per heavy atom. The average Bonchev–Trinajstić information content (AvgIpc) is 2.66. The standard InChI is InChI=1S/C18H16N4O4S/c19-27(25,26)18-9-16(8-17(10-18)22(23)24)21-11-13-3-5-14(6-4-13)15-2-1-7-20-12-15/h1-10,12,21H,11H2,(H2,19,25,26). The van der Waals surface area contributed by atoms with Gasteiger partial charge in [0.05, 0.1) is 9.82 Å². The fourth-order valence-corrected chi connectivity index (χ4v) is 3.08. The Labute approximate surface area is 155 Å². The van der Waals surface area contributed by atoms with Gasteiger partial charge in [-0.05, 0) is 28.8 Å². The van der Waals surface area contributed by atoms with Gasteiger partial charge >= 0.3 is 0 Å². The van der Waals surface area contributed by atoms with Crippen molar-refractivity contribution in [1.82, 2.24) is 4.98 Å². The van der Waals surface area contributed by atoms with E-state index in [0.717, 1.165) is 22.8 Å². The average molecular weight is 384 g/mol. The maximum absolute atomic E-state index is 11.5. The van der Waals surface area contributed by atoms with Crippen molar-refractivity contribution in [3.63, 3.8) is 0 Å². The van der Waals surface area contributed by atoms with Gasteiger partial charge in [0.25, 0.3) is 5.69 Å². The van der Waals surface area contributed by atoms with Crippen LogP contribution in [-0.4, -0.2) is 18.3 Å². The zero-order valence-corrected chi connectivity index (χ0v) is 14.9. The first kappa shape index (κ1) is 18.5. The Hall–Kier alpha value is -3.30. The Morgan fingerprint density at radius 3 is 2.41 bits per heavy atom. The molecule has 0 saturated carbocycles. The molecule has 138 valence electrons. The molecule has 0 radical (unpaired) electrons. The fourth-order valence-electron chi connectivity index (χ4n) is 2.51. The number of hydrogen-bond donors (Lipinski definition) is 2. The third-order valence-electron chi connectivity index (χ3n) is 3.88. The molecule has 0 atom stereocenters. The molecular formula is C18H16N4O4S. The molecule has 0 bridgehead atoms. The molecule has 3 N–H and O–H groups in total. The maximum atomic E-state index is 11.5. The van der Waals surface area contributed by atoms with Gasteiger partial charge < -0.3 is 5.32 Å². The summed E-state index contributed by atoms with van der Waals surface area (Å²) in [6.07, 6.45) is 3.47. The Kier molecular flexibility index (Phi) is 5.15. The predicted octanol–water partition coefficient (Wildman–Crippen LogP) is 2.92. The SMILES string of the molecule is NS(=O)(=O)c1cc(NCc2ccc(-c3cccnc3)cc2)cc([N+](=O)[O-])c1. The monoisotopic (exact) mass is 384 g/mol. The quantitative estimate of drug-likeness (QED) is 0.497. The lowest BCUT2D eigenvalue weighted by Crippen LogP contribution is -2.13. The van der Waals surface area contributed by atoms with Crippen molar-refractivity contribution in [1.29, 1.82) is 0 Å². The van der Waals surface area contributed by atoms with E-state index < -0.39 is 14.9 Å². The van der Waals surface area contributed by atoms with Crippen LogP contribution in [-0.2, 0) is 16.6 Å². The molecule has 1 heterocycles. The van der Waals surface area contributed by atoms with E-state index in [1.54, 1.807) is 12.4 Å². The Morgan fingerprint density at radius 1 is 1.07 bits per heavy atom. The molecule has 8 nitrogen and oxygen atoms in total. The number of benzene rings is 2. The first-order valence-electron chi connectivity index (χ1n) is 7.88. The minimum Gasteiger partial charge on any atom is -0.381 e. The summed E-state index contributed by atoms with van der Waals surface area (Å²) in [5.74, 6) is 0. The Balaban J connectivity index is 1.78. The van der Waals surface area contributed by atoms with Gasteiger partial charge in [0.15, 0.2) is 0 Å². The topological polar surface area (TPSA) is 128 Å². The van der Waals surface area contributed by atoms with Crippen molar-refractivity contribution in [2.45, 2.75) is 11.4 Å². The summed E-state index contributed by atoms with van der Waals surface area (Å²) in [4.78, 5) is 14.1. The van der Waals surface area contributed by atoms with Gasteiger partial charge in [0, 0.05) is 36.8 Å². The van der Waals surface area contributed by atoms with Crippen LogP contribution in [0, 0.1) is 10.1 Å². The highest BCUT2D eigenvalue weighted by Crippen LogP contribution is 2.24. The Bertz CT molecular complexity index is 1070. The van der Waals surface area contributed by atoms with Crippen LogP contribution in [0.4, 0.5) is 11.4 Å². The molecule has 0 spiro atoms. The number of pyridine rings is 1. The molecule has 1 aromatic heterocycles. The third kappa shape index (κ3) is 4.66. The van der Waals surface area contributed by atoms with Crippen LogP contribution in [0.15, 0.2) is 71.9 Å². The first-order valence-corrected chi connectivity index (χ1v) is 9.43. The lowest BCUT2D eigenvalue weighted by molar-refractivity contribution is -0.385. The number of nitro groups is 1. The van der Waals surface area contributed by atoms with Crippen molar-refractivity contribution in [3.05, 3.63) is 82.7 Å². The normalized spacial score (nSPS) is 11.1. The van der Waals surface area contributed by atoms with Gasteiger partial charge in [-0.2, -0.15) is 0 Å². The number of anilines is 1. The van der Waals surface area contributed by atoms with Crippen LogP contribution in [0.5, 0.6) is 0 Å². The zero-order chi connectivity index (χ0) is 19.4. The molecule has 0 saturated heterocycles. The van der Waals surface area contributed by atoms with Crippen molar-refractivity contribution in [2.75, 3.05) is 5.32 Å². The van der Waals surface area contributed by atoms with Crippen LogP contribution in [0.3, 0.4) is 0 Å². The lowest BCUT2D eigenvalue weighted by Gasteiger charge is -2.09. The number of nitrogens with one attached hydrogen (secondary N) is 1. The largest absolute Gasteiger partial charge is 0.381 e. The van der Waals surface area contributed by atoms with Crippen LogP contribution in [0.2, 0.25) is 0 Å². The molecule has 27 heavy (non-hydrogen) atoms. The van der Waals surface area contributed by atoms with Gasteiger partial charge in [-0.3, -0.25) is 15.1 Å². The fraction of sp³-hybridized carbons (Fsp3) is 0.0556. The van der Waals surface area contributed by atoms with Crippen molar-refractivity contribution >= 4 is 21.4 Å². The summed E-state index contributed by atoms with van der Waals surface area (Å²) in [6, 6.07) is 15.0. The summed E-state index contributed by atoms with van der Waals surface area (Å²) in [6.45, 7) is 0.360. The summed E-state index contributed by atoms with van der Waals surface area (Å²) >= 11 is 0. The number of non-ortho nitro benzene ring substituents is 1. The molecule has 0 aliphatic heterocycles. The minimum absolute atomic E-state index is 0.296. The highest BCUT2D eigenvalue weighted by molar-refractivity contribution is 7.89. The number of rotatable bonds is 6. The van der Waals surface area contributed by atoms with Gasteiger partial charge in [-0.1, -0.05) is 30.3 Å². The number of primary sulfonamides is 1. The number of sulfonamides is 1. The molecule has 9 heteroatoms. The number of hydrogen-bond acceptors (Lipinski definition) is 6. The van der Waals surface area contributed by atoms with Crippen molar-refractivity contribution in [3.8, 4) is 11.1 Å². The van der Waals surface area contributed by atoms with E-state index in [-0.39, 0.29) is 10.6 Å². The molecular weight excluding hydrogens is 368 g/mol. The van der Waals surface area contributed by atoms with E-state index in [4.69, 9.17) is 5.14 Å². The van der Waals surface area contributed by atoms with Crippen LogP contribution in [0.1, 0.15) is 5.56 Å². The second-order valence-electron chi connectivity index (χ2n) is 5.81. The molecule has 0 fully saturated rings. The van der Waals surface area contributed by atoms with Crippen LogP contribution in [0.25, 0.3) is 11.1 Å². The molecule has 3 rings (SSSR count). The third-order valence-corrected chi connectivity index (χ3v) is 4.77. The van der Waals surface area contributed by atoms with E-state index in [2.05, 4.69) is 10.3 Å². The highest BCUT2D eigenvalue weighted by atomic mass is 32.2. The summed E-state index contributed by atoms with van der Waals surface area (Å²) in [7, 11) is -4.05. The minimum atomic E-state index is -4.05. The van der Waals surface area contributed by atoms with E-state index in [1.165, 1.54) is 12.1 Å². The summed E-state index contributed by atoms with van der Waals surface area (Å²) in [5.41, 5.74) is 2.87. The van der Waals surface area contributed by atoms with Crippen LogP contribution < -0.4 is 10.5 Å². The van der Waals surface area contributed by atoms with Gasteiger partial charge in [0.1, 0.15) is 0 Å². The van der Waals surface area contributed by atoms with Crippen molar-refractivity contribution < 1.29 is 13.3 Å². The maximum Gasteiger partial charge on any atom is 0.272 e. The summed E-state index contributed by atoms with van der Waals surface area (Å²) < 4.78 is 23.1. The second kappa shape index (κ2) is 7.52. The molecule has 0 aliphatic carbocycles. The number of nitrogens with zero attached hydrogens (tertiary/aromatic N) is 2. The highest BCUT2D eigenvalue weighted by Gasteiger charge is 2.16. The zero-order valence-electron chi connectivity index (χ0n) is 14.1. The number of aromatic nitrogens is 1. The van der Waals surface area contributed by atoms with Gasteiger partial charge in [0.2, 0.25) is 10.0 Å². The first-order chi connectivity index (χ1) is 12.8. The smallest absolute Gasteiger partial charge is 0.272 e. The van der Waals surface area contributed by atoms with E-state index in [1.807, 2.05) is 36.4 Å². The molecule has 2 aromatic carbocycles. The second-order valence-corrected chi connectivity index (χ2v) is 7.37. The molecule has 0 amide bonds. The van der Waals surface area contributed by atoms with Gasteiger partial charge in [-0.25, -0.2) is 13.6 Å². The lowest BCUT2D eigenvalue weighted by atomic mass is 10.1. The van der Waals surface area contributed by atoms with Crippen LogP contribution >= 0.6 is 0 Å². The molecule has 0 aliphatic rings.